The first-order valence-electron chi connectivity index (χ1n) is 0.707. The van der Waals surface area contributed by atoms with Gasteiger partial charge in [0.1, 0.15) is 0 Å². The van der Waals surface area contributed by atoms with Crippen LogP contribution in [0.4, 0.5) is 0 Å². The summed E-state index contributed by atoms with van der Waals surface area (Å²) in [6.07, 6.45) is 0. The SMILES string of the molecule is [CH2-]C.[Cl-].[Cl-].[Li+].[Mg+2]. The van der Waals surface area contributed by atoms with E-state index in [1.54, 1.807) is 6.92 Å². The van der Waals surface area contributed by atoms with E-state index in [0.717, 1.165) is 0 Å². The van der Waals surface area contributed by atoms with E-state index in [4.69, 9.17) is 0 Å². The molecular weight excluding hydrogens is 126 g/mol. The van der Waals surface area contributed by atoms with Crippen molar-refractivity contribution < 1.29 is 43.7 Å². The summed E-state index contributed by atoms with van der Waals surface area (Å²) in [7, 11) is 0. The van der Waals surface area contributed by atoms with Gasteiger partial charge in [0.25, 0.3) is 0 Å². The molecule has 0 unspecified atom stereocenters. The molecule has 0 saturated heterocycles. The van der Waals surface area contributed by atoms with E-state index in [1.165, 1.54) is 0 Å². The molecule has 0 amide bonds. The summed E-state index contributed by atoms with van der Waals surface area (Å²) in [6.45, 7) is 5.00. The predicted molar refractivity (Wildman–Crippen MR) is 16.8 cm³/mol. The number of rotatable bonds is 0. The maximum absolute atomic E-state index is 3.25. The van der Waals surface area contributed by atoms with Crippen LogP contribution in [-0.4, -0.2) is 23.1 Å². The first-order valence-corrected chi connectivity index (χ1v) is 0.707. The minimum atomic E-state index is 0. The van der Waals surface area contributed by atoms with E-state index in [1.807, 2.05) is 0 Å². The Kier molecular flexibility index (Phi) is 478. The van der Waals surface area contributed by atoms with Crippen LogP contribution in [0.3, 0.4) is 0 Å². The number of hydrogen-bond acceptors (Lipinski definition) is 0. The topological polar surface area (TPSA) is 0 Å². The van der Waals surface area contributed by atoms with Crippen LogP contribution in [0.15, 0.2) is 0 Å². The summed E-state index contributed by atoms with van der Waals surface area (Å²) in [5.74, 6) is 0. The third kappa shape index (κ3) is 38.5. The molecule has 0 spiro atoms. The second-order valence-electron chi connectivity index (χ2n) is 0. The smallest absolute Gasteiger partial charge is 1.00 e. The molecule has 0 atom stereocenters. The van der Waals surface area contributed by atoms with Crippen LogP contribution in [0, 0.1) is 6.92 Å². The zero-order valence-electron chi connectivity index (χ0n) is 4.17. The van der Waals surface area contributed by atoms with E-state index in [-0.39, 0.29) is 66.7 Å². The average Bonchev–Trinajstić information content (AvgIpc) is 1.00. The Morgan fingerprint density at radius 2 is 1.00 bits per heavy atom. The third-order valence-electron chi connectivity index (χ3n) is 0. The maximum atomic E-state index is 3.25. The summed E-state index contributed by atoms with van der Waals surface area (Å²) in [5, 5.41) is 0. The van der Waals surface area contributed by atoms with Gasteiger partial charge in [-0.05, 0) is 0 Å². The Labute approximate surface area is 80.0 Å². The van der Waals surface area contributed by atoms with Gasteiger partial charge in [-0.25, -0.2) is 0 Å². The molecule has 0 aromatic rings. The van der Waals surface area contributed by atoms with Crippen molar-refractivity contribution in [1.29, 1.82) is 0 Å². The molecule has 30 valence electrons. The Morgan fingerprint density at radius 3 is 1.00 bits per heavy atom. The van der Waals surface area contributed by atoms with Crippen molar-refractivity contribution in [3.05, 3.63) is 6.92 Å². The molecule has 4 heteroatoms. The molecule has 0 aliphatic heterocycles. The van der Waals surface area contributed by atoms with Gasteiger partial charge in [-0.2, -0.15) is 6.92 Å². The van der Waals surface area contributed by atoms with Crippen molar-refractivity contribution in [3.63, 3.8) is 0 Å². The third-order valence-corrected chi connectivity index (χ3v) is 0. The molecule has 6 heavy (non-hydrogen) atoms. The summed E-state index contributed by atoms with van der Waals surface area (Å²) in [5.41, 5.74) is 0. The normalized spacial score (nSPS) is 1.00. The van der Waals surface area contributed by atoms with Gasteiger partial charge in [-0.1, -0.05) is 0 Å². The van der Waals surface area contributed by atoms with E-state index < -0.39 is 0 Å². The average molecular weight is 131 g/mol. The van der Waals surface area contributed by atoms with Crippen molar-refractivity contribution >= 4 is 23.1 Å². The van der Waals surface area contributed by atoms with Crippen LogP contribution in [0.1, 0.15) is 6.92 Å². The van der Waals surface area contributed by atoms with Gasteiger partial charge in [-0.3, -0.25) is 0 Å². The molecule has 0 aliphatic rings. The van der Waals surface area contributed by atoms with Gasteiger partial charge < -0.3 is 31.7 Å². The summed E-state index contributed by atoms with van der Waals surface area (Å²) >= 11 is 0. The molecule has 0 fully saturated rings. The second kappa shape index (κ2) is 64.9. The van der Waals surface area contributed by atoms with E-state index in [2.05, 4.69) is 6.92 Å². The van der Waals surface area contributed by atoms with Gasteiger partial charge in [-0.15, -0.1) is 0 Å². The van der Waals surface area contributed by atoms with Gasteiger partial charge >= 0.3 is 41.9 Å². The van der Waals surface area contributed by atoms with E-state index in [9.17, 15) is 0 Å². The fraction of sp³-hybridized carbons (Fsp3) is 0.500. The van der Waals surface area contributed by atoms with Crippen molar-refractivity contribution in [3.8, 4) is 0 Å². The predicted octanol–water partition coefficient (Wildman–Crippen LogP) is -8.53. The summed E-state index contributed by atoms with van der Waals surface area (Å²) < 4.78 is 0. The van der Waals surface area contributed by atoms with Gasteiger partial charge in [0.2, 0.25) is 0 Å². The molecule has 0 heterocycles. The van der Waals surface area contributed by atoms with Crippen molar-refractivity contribution in [2.24, 2.45) is 0 Å². The van der Waals surface area contributed by atoms with E-state index in [0.29, 0.717) is 0 Å². The van der Waals surface area contributed by atoms with Crippen LogP contribution >= 0.6 is 0 Å². The Morgan fingerprint density at radius 1 is 1.00 bits per heavy atom. The van der Waals surface area contributed by atoms with Crippen LogP contribution in [0.2, 0.25) is 0 Å². The molecule has 0 bridgehead atoms. The molecule has 0 saturated carbocycles. The molecule has 0 aromatic heterocycles. The molecule has 0 rings (SSSR count). The van der Waals surface area contributed by atoms with Crippen LogP contribution in [-0.2, 0) is 0 Å². The molecule has 0 N–H and O–H groups in total. The Hall–Kier alpha value is 1.94. The minimum absolute atomic E-state index is 0. The van der Waals surface area contributed by atoms with Crippen LogP contribution in [0.25, 0.3) is 0 Å². The standard InChI is InChI=1S/C2H5.2ClH.Li.Mg/c1-2;;;;/h1H2,2H3;2*1H;;/q-1;;;+1;+2/p-2. The van der Waals surface area contributed by atoms with Crippen molar-refractivity contribution in [2.45, 2.75) is 6.92 Å². The van der Waals surface area contributed by atoms with E-state index >= 15 is 0 Å². The Balaban J connectivity index is -0.000000000833. The van der Waals surface area contributed by atoms with Crippen LogP contribution < -0.4 is 43.7 Å². The molecule has 0 aromatic carbocycles. The fourth-order valence-corrected chi connectivity index (χ4v) is 0. The van der Waals surface area contributed by atoms with Crippen molar-refractivity contribution in [2.75, 3.05) is 0 Å². The Bertz CT molecular complexity index is 11.5. The molecule has 0 radical (unpaired) electrons. The van der Waals surface area contributed by atoms with Crippen LogP contribution in [0.5, 0.6) is 0 Å². The minimum Gasteiger partial charge on any atom is -1.00 e. The zero-order chi connectivity index (χ0) is 2.00. The number of halogens is 2. The van der Waals surface area contributed by atoms with Gasteiger partial charge in [0, 0.05) is 0 Å². The fourth-order valence-electron chi connectivity index (χ4n) is 0. The molecule has 0 nitrogen and oxygen atoms in total. The quantitative estimate of drug-likeness (QED) is 0.226. The number of hydrogen-bond donors (Lipinski definition) is 0. The second-order valence-corrected chi connectivity index (χ2v) is 0. The summed E-state index contributed by atoms with van der Waals surface area (Å²) in [4.78, 5) is 0. The van der Waals surface area contributed by atoms with Gasteiger partial charge in [0.15, 0.2) is 0 Å². The van der Waals surface area contributed by atoms with Gasteiger partial charge in [0.05, 0.1) is 0 Å². The first-order chi connectivity index (χ1) is 1.00. The summed E-state index contributed by atoms with van der Waals surface area (Å²) in [6, 6.07) is 0. The zero-order valence-corrected chi connectivity index (χ0v) is 7.10. The maximum Gasteiger partial charge on any atom is 2.00 e. The molecule has 0 aliphatic carbocycles. The van der Waals surface area contributed by atoms with Crippen molar-refractivity contribution in [1.82, 2.24) is 0 Å². The first kappa shape index (κ1) is 44.2. The monoisotopic (exact) mass is 130 g/mol. The molecular formula is C2H5Cl2LiMg. The largest absolute Gasteiger partial charge is 2.00 e.